The second kappa shape index (κ2) is 5.78. The SMILES string of the molecule is CC(C)N1CCOC(C(O)c2ccc(F)cc2)C1. The maximum Gasteiger partial charge on any atom is 0.123 e. The normalized spacial score (nSPS) is 23.3. The topological polar surface area (TPSA) is 32.7 Å². The summed E-state index contributed by atoms with van der Waals surface area (Å²) in [6.07, 6.45) is -0.946. The van der Waals surface area contributed by atoms with Crippen molar-refractivity contribution in [3.05, 3.63) is 35.6 Å². The maximum atomic E-state index is 12.8. The van der Waals surface area contributed by atoms with Gasteiger partial charge in [0.2, 0.25) is 0 Å². The smallest absolute Gasteiger partial charge is 0.123 e. The van der Waals surface area contributed by atoms with E-state index in [-0.39, 0.29) is 11.9 Å². The van der Waals surface area contributed by atoms with Gasteiger partial charge in [0.15, 0.2) is 0 Å². The summed E-state index contributed by atoms with van der Waals surface area (Å²) in [5.41, 5.74) is 0.701. The highest BCUT2D eigenvalue weighted by Gasteiger charge is 2.28. The van der Waals surface area contributed by atoms with Gasteiger partial charge in [-0.1, -0.05) is 12.1 Å². The van der Waals surface area contributed by atoms with Crippen LogP contribution >= 0.6 is 0 Å². The fraction of sp³-hybridized carbons (Fsp3) is 0.571. The quantitative estimate of drug-likeness (QED) is 0.894. The van der Waals surface area contributed by atoms with E-state index >= 15 is 0 Å². The van der Waals surface area contributed by atoms with Crippen molar-refractivity contribution in [3.8, 4) is 0 Å². The Morgan fingerprint density at radius 1 is 1.33 bits per heavy atom. The zero-order chi connectivity index (χ0) is 13.1. The van der Waals surface area contributed by atoms with Crippen molar-refractivity contribution < 1.29 is 14.2 Å². The lowest BCUT2D eigenvalue weighted by atomic mass is 10.0. The highest BCUT2D eigenvalue weighted by Crippen LogP contribution is 2.23. The summed E-state index contributed by atoms with van der Waals surface area (Å²) in [6, 6.07) is 6.38. The van der Waals surface area contributed by atoms with Crippen LogP contribution in [0.1, 0.15) is 25.5 Å². The van der Waals surface area contributed by atoms with Crippen LogP contribution in [0.25, 0.3) is 0 Å². The van der Waals surface area contributed by atoms with E-state index in [9.17, 15) is 9.50 Å². The van der Waals surface area contributed by atoms with Crippen molar-refractivity contribution in [3.63, 3.8) is 0 Å². The molecule has 0 saturated carbocycles. The number of aliphatic hydroxyl groups excluding tert-OH is 1. The third-order valence-electron chi connectivity index (χ3n) is 3.42. The number of benzene rings is 1. The summed E-state index contributed by atoms with van der Waals surface area (Å²) < 4.78 is 18.5. The maximum absolute atomic E-state index is 12.8. The van der Waals surface area contributed by atoms with Gasteiger partial charge in [-0.05, 0) is 31.5 Å². The number of morpholine rings is 1. The van der Waals surface area contributed by atoms with Gasteiger partial charge in [0.05, 0.1) is 6.61 Å². The van der Waals surface area contributed by atoms with Gasteiger partial charge < -0.3 is 9.84 Å². The Morgan fingerprint density at radius 3 is 2.61 bits per heavy atom. The Balaban J connectivity index is 2.04. The van der Waals surface area contributed by atoms with Crippen LogP contribution < -0.4 is 0 Å². The summed E-state index contributed by atoms with van der Waals surface area (Å²) in [7, 11) is 0. The lowest BCUT2D eigenvalue weighted by Crippen LogP contribution is -2.47. The molecule has 1 aliphatic heterocycles. The summed E-state index contributed by atoms with van der Waals surface area (Å²) in [6.45, 7) is 6.49. The molecule has 0 radical (unpaired) electrons. The molecule has 1 aliphatic rings. The Morgan fingerprint density at radius 2 is 2.00 bits per heavy atom. The first-order chi connectivity index (χ1) is 8.58. The molecule has 0 amide bonds. The first-order valence-electron chi connectivity index (χ1n) is 6.37. The Hall–Kier alpha value is -0.970. The van der Waals surface area contributed by atoms with Crippen LogP contribution in [0.5, 0.6) is 0 Å². The molecule has 2 unspecified atom stereocenters. The van der Waals surface area contributed by atoms with Crippen molar-refractivity contribution in [2.24, 2.45) is 0 Å². The van der Waals surface area contributed by atoms with E-state index in [1.165, 1.54) is 12.1 Å². The first kappa shape index (κ1) is 13.5. The molecule has 0 spiro atoms. The first-order valence-corrected chi connectivity index (χ1v) is 6.37. The van der Waals surface area contributed by atoms with E-state index in [0.717, 1.165) is 6.54 Å². The van der Waals surface area contributed by atoms with Crippen LogP contribution in [0.15, 0.2) is 24.3 Å². The van der Waals surface area contributed by atoms with Crippen LogP contribution in [-0.2, 0) is 4.74 Å². The molecule has 1 fully saturated rings. The molecule has 0 bridgehead atoms. The molecule has 18 heavy (non-hydrogen) atoms. The molecule has 0 aromatic heterocycles. The third kappa shape index (κ3) is 3.07. The zero-order valence-corrected chi connectivity index (χ0v) is 10.8. The number of rotatable bonds is 3. The van der Waals surface area contributed by atoms with Gasteiger partial charge in [-0.2, -0.15) is 0 Å². The predicted octanol–water partition coefficient (Wildman–Crippen LogP) is 1.97. The third-order valence-corrected chi connectivity index (χ3v) is 3.42. The highest BCUT2D eigenvalue weighted by atomic mass is 19.1. The minimum atomic E-state index is -0.702. The molecule has 3 nitrogen and oxygen atoms in total. The molecule has 2 rings (SSSR count). The van der Waals surface area contributed by atoms with Gasteiger partial charge in [-0.3, -0.25) is 4.90 Å². The summed E-state index contributed by atoms with van der Waals surface area (Å²) >= 11 is 0. The summed E-state index contributed by atoms with van der Waals surface area (Å²) in [4.78, 5) is 2.28. The van der Waals surface area contributed by atoms with Crippen LogP contribution in [0.4, 0.5) is 4.39 Å². The number of hydrogen-bond acceptors (Lipinski definition) is 3. The Bertz CT molecular complexity index is 380. The standard InChI is InChI=1S/C14H20FNO2/c1-10(2)16-7-8-18-13(9-16)14(17)11-3-5-12(15)6-4-11/h3-6,10,13-14,17H,7-9H2,1-2H3. The van der Waals surface area contributed by atoms with Gasteiger partial charge in [0.1, 0.15) is 18.0 Å². The zero-order valence-electron chi connectivity index (χ0n) is 10.8. The summed E-state index contributed by atoms with van der Waals surface area (Å²) in [5.74, 6) is -0.292. The fourth-order valence-electron chi connectivity index (χ4n) is 2.23. The van der Waals surface area contributed by atoms with Gasteiger partial charge in [0.25, 0.3) is 0 Å². The molecule has 100 valence electrons. The van der Waals surface area contributed by atoms with Crippen molar-refractivity contribution >= 4 is 0 Å². The molecular formula is C14H20FNO2. The predicted molar refractivity (Wildman–Crippen MR) is 67.8 cm³/mol. The van der Waals surface area contributed by atoms with Crippen LogP contribution in [0.2, 0.25) is 0 Å². The minimum absolute atomic E-state index is 0.244. The highest BCUT2D eigenvalue weighted by molar-refractivity contribution is 5.19. The molecule has 1 heterocycles. The molecular weight excluding hydrogens is 233 g/mol. The number of nitrogens with zero attached hydrogens (tertiary/aromatic N) is 1. The van der Waals surface area contributed by atoms with Crippen LogP contribution in [0.3, 0.4) is 0 Å². The van der Waals surface area contributed by atoms with Gasteiger partial charge in [-0.25, -0.2) is 4.39 Å². The molecule has 0 aliphatic carbocycles. The van der Waals surface area contributed by atoms with Crippen molar-refractivity contribution in [1.29, 1.82) is 0 Å². The van der Waals surface area contributed by atoms with Crippen LogP contribution in [-0.4, -0.2) is 41.8 Å². The van der Waals surface area contributed by atoms with E-state index in [0.29, 0.717) is 24.8 Å². The van der Waals surface area contributed by atoms with Gasteiger partial charge in [-0.15, -0.1) is 0 Å². The van der Waals surface area contributed by atoms with Crippen molar-refractivity contribution in [2.45, 2.75) is 32.1 Å². The fourth-order valence-corrected chi connectivity index (χ4v) is 2.23. The largest absolute Gasteiger partial charge is 0.386 e. The van der Waals surface area contributed by atoms with Crippen molar-refractivity contribution in [1.82, 2.24) is 4.90 Å². The number of halogens is 1. The molecule has 1 N–H and O–H groups in total. The van der Waals surface area contributed by atoms with Gasteiger partial charge >= 0.3 is 0 Å². The number of aliphatic hydroxyl groups is 1. The average Bonchev–Trinajstić information content (AvgIpc) is 2.39. The van der Waals surface area contributed by atoms with Crippen molar-refractivity contribution in [2.75, 3.05) is 19.7 Å². The lowest BCUT2D eigenvalue weighted by molar-refractivity contribution is -0.0961. The lowest BCUT2D eigenvalue weighted by Gasteiger charge is -2.37. The Kier molecular flexibility index (Phi) is 4.32. The van der Waals surface area contributed by atoms with E-state index < -0.39 is 6.10 Å². The average molecular weight is 253 g/mol. The van der Waals surface area contributed by atoms with E-state index in [1.807, 2.05) is 0 Å². The summed E-state index contributed by atoms with van der Waals surface area (Å²) in [5, 5.41) is 10.3. The molecule has 1 aromatic rings. The van der Waals surface area contributed by atoms with Crippen LogP contribution in [0, 0.1) is 5.82 Å². The van der Waals surface area contributed by atoms with E-state index in [2.05, 4.69) is 18.7 Å². The number of ether oxygens (including phenoxy) is 1. The Labute approximate surface area is 107 Å². The molecule has 2 atom stereocenters. The molecule has 4 heteroatoms. The minimum Gasteiger partial charge on any atom is -0.386 e. The van der Waals surface area contributed by atoms with Gasteiger partial charge in [0, 0.05) is 19.1 Å². The second-order valence-electron chi connectivity index (χ2n) is 4.99. The monoisotopic (exact) mass is 253 g/mol. The number of hydrogen-bond donors (Lipinski definition) is 1. The molecule has 1 saturated heterocycles. The second-order valence-corrected chi connectivity index (χ2v) is 4.99. The molecule has 1 aromatic carbocycles. The van der Waals surface area contributed by atoms with E-state index in [4.69, 9.17) is 4.74 Å². The van der Waals surface area contributed by atoms with E-state index in [1.54, 1.807) is 12.1 Å².